The highest BCUT2D eigenvalue weighted by atomic mass is 32.1. The van der Waals surface area contributed by atoms with E-state index >= 15 is 0 Å². The number of thiophene rings is 1. The maximum atomic E-state index is 9.79. The van der Waals surface area contributed by atoms with Crippen LogP contribution in [0.3, 0.4) is 0 Å². The topological polar surface area (TPSA) is 29.5 Å². The van der Waals surface area contributed by atoms with Gasteiger partial charge < -0.3 is 9.84 Å². The van der Waals surface area contributed by atoms with Gasteiger partial charge in [0.05, 0.1) is 12.7 Å². The van der Waals surface area contributed by atoms with Gasteiger partial charge in [0.2, 0.25) is 0 Å². The molecule has 1 N–H and O–H groups in total. The van der Waals surface area contributed by atoms with Gasteiger partial charge in [-0.3, -0.25) is 0 Å². The van der Waals surface area contributed by atoms with Crippen molar-refractivity contribution in [2.75, 3.05) is 13.2 Å². The van der Waals surface area contributed by atoms with Crippen molar-refractivity contribution in [3.8, 4) is 0 Å². The van der Waals surface area contributed by atoms with E-state index in [1.54, 1.807) is 11.3 Å². The highest BCUT2D eigenvalue weighted by Crippen LogP contribution is 2.26. The molecular weight excluding hydrogens is 220 g/mol. The summed E-state index contributed by atoms with van der Waals surface area (Å²) in [6.07, 6.45) is 0.266. The molecule has 2 rings (SSSR count). The van der Waals surface area contributed by atoms with Gasteiger partial charge in [0.15, 0.2) is 0 Å². The Morgan fingerprint density at radius 1 is 1.38 bits per heavy atom. The molecule has 16 heavy (non-hydrogen) atoms. The Morgan fingerprint density at radius 3 is 3.00 bits per heavy atom. The zero-order valence-corrected chi connectivity index (χ0v) is 10.2. The van der Waals surface area contributed by atoms with Crippen LogP contribution < -0.4 is 0 Å². The minimum Gasteiger partial charge on any atom is -0.390 e. The third-order valence-electron chi connectivity index (χ3n) is 2.53. The fourth-order valence-corrected chi connectivity index (χ4v) is 2.73. The van der Waals surface area contributed by atoms with E-state index in [9.17, 15) is 5.11 Å². The maximum Gasteiger partial charge on any atom is 0.0814 e. The van der Waals surface area contributed by atoms with Crippen LogP contribution in [0.25, 0.3) is 10.1 Å². The van der Waals surface area contributed by atoms with Crippen molar-refractivity contribution in [1.82, 2.24) is 0 Å². The largest absolute Gasteiger partial charge is 0.390 e. The highest BCUT2D eigenvalue weighted by molar-refractivity contribution is 7.17. The number of hydrogen-bond donors (Lipinski definition) is 1. The normalized spacial score (nSPS) is 13.1. The van der Waals surface area contributed by atoms with Gasteiger partial charge in [-0.15, -0.1) is 11.3 Å². The van der Waals surface area contributed by atoms with Crippen molar-refractivity contribution in [3.05, 3.63) is 35.2 Å². The standard InChI is InChI=1S/C13H16O2S/c1-2-15-8-11(14)7-10-9-16-13-6-4-3-5-12(10)13/h3-6,9,11,14H,2,7-8H2,1H3. The van der Waals surface area contributed by atoms with Gasteiger partial charge in [0, 0.05) is 17.7 Å². The summed E-state index contributed by atoms with van der Waals surface area (Å²) in [6.45, 7) is 3.01. The average molecular weight is 236 g/mol. The van der Waals surface area contributed by atoms with Gasteiger partial charge in [-0.05, 0) is 29.3 Å². The Balaban J connectivity index is 2.09. The quantitative estimate of drug-likeness (QED) is 0.865. The molecule has 0 aliphatic carbocycles. The van der Waals surface area contributed by atoms with Gasteiger partial charge in [-0.2, -0.15) is 0 Å². The first kappa shape index (κ1) is 11.6. The Morgan fingerprint density at radius 2 is 2.19 bits per heavy atom. The van der Waals surface area contributed by atoms with Gasteiger partial charge >= 0.3 is 0 Å². The van der Waals surface area contributed by atoms with E-state index in [2.05, 4.69) is 17.5 Å². The van der Waals surface area contributed by atoms with Crippen LogP contribution in [0.4, 0.5) is 0 Å². The smallest absolute Gasteiger partial charge is 0.0814 e. The molecule has 0 saturated heterocycles. The van der Waals surface area contributed by atoms with Crippen LogP contribution in [0, 0.1) is 0 Å². The molecule has 0 aliphatic heterocycles. The third kappa shape index (κ3) is 2.61. The average Bonchev–Trinajstić information content (AvgIpc) is 2.70. The molecule has 1 aromatic heterocycles. The van der Waals surface area contributed by atoms with Crippen LogP contribution in [-0.2, 0) is 11.2 Å². The lowest BCUT2D eigenvalue weighted by Crippen LogP contribution is -2.17. The molecule has 0 radical (unpaired) electrons. The van der Waals surface area contributed by atoms with Gasteiger partial charge in [-0.1, -0.05) is 18.2 Å². The van der Waals surface area contributed by atoms with E-state index in [0.29, 0.717) is 19.6 Å². The summed E-state index contributed by atoms with van der Waals surface area (Å²) in [5, 5.41) is 13.2. The second kappa shape index (κ2) is 5.43. The lowest BCUT2D eigenvalue weighted by atomic mass is 10.1. The molecule has 0 bridgehead atoms. The van der Waals surface area contributed by atoms with Crippen molar-refractivity contribution in [3.63, 3.8) is 0 Å². The number of hydrogen-bond acceptors (Lipinski definition) is 3. The molecule has 3 heteroatoms. The van der Waals surface area contributed by atoms with E-state index in [1.807, 2.05) is 19.1 Å². The number of rotatable bonds is 5. The molecule has 2 nitrogen and oxygen atoms in total. The molecule has 2 aromatic rings. The molecule has 0 fully saturated rings. The van der Waals surface area contributed by atoms with Crippen LogP contribution in [0.2, 0.25) is 0 Å². The highest BCUT2D eigenvalue weighted by Gasteiger charge is 2.09. The number of ether oxygens (including phenoxy) is 1. The van der Waals surface area contributed by atoms with Crippen LogP contribution >= 0.6 is 11.3 Å². The number of benzene rings is 1. The Labute approximate surface area is 99.5 Å². The lowest BCUT2D eigenvalue weighted by molar-refractivity contribution is 0.0432. The molecule has 86 valence electrons. The summed E-state index contributed by atoms with van der Waals surface area (Å²) >= 11 is 1.73. The number of aliphatic hydroxyl groups is 1. The van der Waals surface area contributed by atoms with Crippen molar-refractivity contribution in [2.45, 2.75) is 19.4 Å². The second-order valence-corrected chi connectivity index (χ2v) is 4.69. The fraction of sp³-hybridized carbons (Fsp3) is 0.385. The molecule has 1 aromatic carbocycles. The monoisotopic (exact) mass is 236 g/mol. The van der Waals surface area contributed by atoms with Gasteiger partial charge in [-0.25, -0.2) is 0 Å². The summed E-state index contributed by atoms with van der Waals surface area (Å²) in [4.78, 5) is 0. The predicted octanol–water partition coefficient (Wildman–Crippen LogP) is 2.84. The molecular formula is C13H16O2S. The predicted molar refractivity (Wildman–Crippen MR) is 68.0 cm³/mol. The molecule has 1 atom stereocenters. The van der Waals surface area contributed by atoms with E-state index in [-0.39, 0.29) is 0 Å². The van der Waals surface area contributed by atoms with E-state index in [4.69, 9.17) is 4.74 Å². The molecule has 0 saturated carbocycles. The zero-order valence-electron chi connectivity index (χ0n) is 9.35. The summed E-state index contributed by atoms with van der Waals surface area (Å²) in [6, 6.07) is 8.29. The minimum atomic E-state index is -0.405. The Bertz CT molecular complexity index is 450. The van der Waals surface area contributed by atoms with Crippen molar-refractivity contribution >= 4 is 21.4 Å². The first-order valence-electron chi connectivity index (χ1n) is 5.52. The molecule has 0 aliphatic rings. The SMILES string of the molecule is CCOCC(O)Cc1csc2ccccc12. The van der Waals surface area contributed by atoms with Crippen molar-refractivity contribution in [2.24, 2.45) is 0 Å². The minimum absolute atomic E-state index is 0.405. The lowest BCUT2D eigenvalue weighted by Gasteiger charge is -2.09. The second-order valence-electron chi connectivity index (χ2n) is 3.77. The summed E-state index contributed by atoms with van der Waals surface area (Å²) in [5.74, 6) is 0. The fourth-order valence-electron chi connectivity index (χ4n) is 1.76. The Kier molecular flexibility index (Phi) is 3.93. The van der Waals surface area contributed by atoms with Gasteiger partial charge in [0.25, 0.3) is 0 Å². The van der Waals surface area contributed by atoms with E-state index < -0.39 is 6.10 Å². The molecule has 1 heterocycles. The number of fused-ring (bicyclic) bond motifs is 1. The molecule has 0 spiro atoms. The maximum absolute atomic E-state index is 9.79. The van der Waals surface area contributed by atoms with E-state index in [1.165, 1.54) is 15.6 Å². The Hall–Kier alpha value is -0.900. The zero-order chi connectivity index (χ0) is 11.4. The third-order valence-corrected chi connectivity index (χ3v) is 3.54. The van der Waals surface area contributed by atoms with Gasteiger partial charge in [0.1, 0.15) is 0 Å². The summed E-state index contributed by atoms with van der Waals surface area (Å²) in [7, 11) is 0. The van der Waals surface area contributed by atoms with E-state index in [0.717, 1.165) is 0 Å². The van der Waals surface area contributed by atoms with Crippen LogP contribution in [0.15, 0.2) is 29.6 Å². The van der Waals surface area contributed by atoms with Crippen LogP contribution in [0.1, 0.15) is 12.5 Å². The van der Waals surface area contributed by atoms with Crippen molar-refractivity contribution in [1.29, 1.82) is 0 Å². The van der Waals surface area contributed by atoms with Crippen LogP contribution in [0.5, 0.6) is 0 Å². The summed E-state index contributed by atoms with van der Waals surface area (Å²) in [5.41, 5.74) is 1.22. The first-order chi connectivity index (χ1) is 7.81. The summed E-state index contributed by atoms with van der Waals surface area (Å²) < 4.78 is 6.49. The van der Waals surface area contributed by atoms with Crippen molar-refractivity contribution < 1.29 is 9.84 Å². The first-order valence-corrected chi connectivity index (χ1v) is 6.40. The molecule has 1 unspecified atom stereocenters. The molecule has 0 amide bonds. The number of aliphatic hydroxyl groups excluding tert-OH is 1. The van der Waals surface area contributed by atoms with Crippen LogP contribution in [-0.4, -0.2) is 24.4 Å².